The van der Waals surface area contributed by atoms with E-state index in [2.05, 4.69) is 71.8 Å². The fourth-order valence-electron chi connectivity index (χ4n) is 4.15. The largest absolute Gasteiger partial charge is 0.377 e. The van der Waals surface area contributed by atoms with Crippen LogP contribution in [0.15, 0.2) is 82.6 Å². The van der Waals surface area contributed by atoms with Gasteiger partial charge in [-0.3, -0.25) is 4.79 Å². The van der Waals surface area contributed by atoms with Crippen LogP contribution in [0.1, 0.15) is 48.7 Å². The normalized spacial score (nSPS) is 14.5. The number of hydrogen-bond acceptors (Lipinski definition) is 4. The molecule has 0 aliphatic carbocycles. The number of hydrogen-bond donors (Lipinski definition) is 2. The molecular weight excluding hydrogens is 414 g/mol. The molecule has 1 unspecified atom stereocenters. The lowest BCUT2D eigenvalue weighted by Gasteiger charge is -2.23. The van der Waals surface area contributed by atoms with Gasteiger partial charge in [-0.05, 0) is 55.3 Å². The van der Waals surface area contributed by atoms with Gasteiger partial charge in [-0.2, -0.15) is 0 Å². The summed E-state index contributed by atoms with van der Waals surface area (Å²) in [6.45, 7) is 6.63. The molecule has 0 spiro atoms. The zero-order valence-electron chi connectivity index (χ0n) is 18.8. The van der Waals surface area contributed by atoms with Crippen LogP contribution in [-0.4, -0.2) is 25.5 Å². The van der Waals surface area contributed by atoms with E-state index in [1.807, 2.05) is 30.3 Å². The highest BCUT2D eigenvalue weighted by Crippen LogP contribution is 2.43. The molecule has 1 atom stereocenters. The van der Waals surface area contributed by atoms with Crippen LogP contribution in [0, 0.1) is 0 Å². The molecule has 2 N–H and O–H groups in total. The minimum atomic E-state index is -0.0301. The van der Waals surface area contributed by atoms with Crippen molar-refractivity contribution in [2.24, 2.45) is 0 Å². The summed E-state index contributed by atoms with van der Waals surface area (Å²) in [6.07, 6.45) is 2.15. The lowest BCUT2D eigenvalue weighted by molar-refractivity contribution is 0.0954. The zero-order valence-corrected chi connectivity index (χ0v) is 19.6. The van der Waals surface area contributed by atoms with Crippen molar-refractivity contribution in [1.82, 2.24) is 5.32 Å². The lowest BCUT2D eigenvalue weighted by Crippen LogP contribution is -2.35. The molecule has 0 fully saturated rings. The Kier molecular flexibility index (Phi) is 7.38. The molecule has 1 aliphatic heterocycles. The van der Waals surface area contributed by atoms with E-state index < -0.39 is 0 Å². The van der Waals surface area contributed by atoms with Crippen molar-refractivity contribution >= 4 is 29.0 Å². The Bertz CT molecular complexity index is 1050. The number of carbonyl (C=O) groups excluding carboxylic acids is 1. The Morgan fingerprint density at radius 1 is 1.00 bits per heavy atom. The molecule has 1 amide bonds. The number of anilines is 2. The molecule has 0 bridgehead atoms. The molecule has 0 saturated heterocycles. The van der Waals surface area contributed by atoms with E-state index >= 15 is 0 Å². The number of nitrogens with one attached hydrogen (secondary N) is 2. The summed E-state index contributed by atoms with van der Waals surface area (Å²) >= 11 is 1.77. The number of likely N-dealkylation sites (N-methyl/N-ethyl adjacent to an activating group) is 1. The number of nitrogens with zero attached hydrogens (tertiary/aromatic N) is 1. The second kappa shape index (κ2) is 10.6. The first kappa shape index (κ1) is 22.3. The summed E-state index contributed by atoms with van der Waals surface area (Å²) < 4.78 is 0. The Morgan fingerprint density at radius 3 is 2.56 bits per heavy atom. The second-order valence-electron chi connectivity index (χ2n) is 8.01. The van der Waals surface area contributed by atoms with Gasteiger partial charge in [-0.1, -0.05) is 61.5 Å². The monoisotopic (exact) mass is 445 g/mol. The van der Waals surface area contributed by atoms with Crippen molar-refractivity contribution in [3.8, 4) is 0 Å². The van der Waals surface area contributed by atoms with Crippen molar-refractivity contribution in [2.75, 3.05) is 29.9 Å². The van der Waals surface area contributed by atoms with Crippen LogP contribution in [0.2, 0.25) is 0 Å². The van der Waals surface area contributed by atoms with Crippen LogP contribution < -0.4 is 15.5 Å². The van der Waals surface area contributed by atoms with Gasteiger partial charge in [0.05, 0.1) is 6.04 Å². The fraction of sp³-hybridized carbons (Fsp3) is 0.296. The number of amides is 1. The van der Waals surface area contributed by atoms with E-state index in [-0.39, 0.29) is 11.9 Å². The smallest absolute Gasteiger partial charge is 0.251 e. The Morgan fingerprint density at radius 2 is 1.78 bits per heavy atom. The average molecular weight is 446 g/mol. The summed E-state index contributed by atoms with van der Waals surface area (Å²) in [5.74, 6) is -0.0301. The van der Waals surface area contributed by atoms with Crippen LogP contribution >= 0.6 is 11.8 Å². The standard InChI is InChI=1S/C27H31N3OS/c1-3-10-23-22-13-8-9-14-25(22)32-26-16-15-20(19-24(26)29-23)27(31)28-17-18-30(4-2)21-11-6-5-7-12-21/h5-9,11-16,19,23,29H,3-4,10,17-18H2,1-2H3,(H,28,31). The maximum absolute atomic E-state index is 12.9. The predicted octanol–water partition coefficient (Wildman–Crippen LogP) is 6.36. The van der Waals surface area contributed by atoms with Gasteiger partial charge in [0.25, 0.3) is 5.91 Å². The Balaban J connectivity index is 1.44. The van der Waals surface area contributed by atoms with Crippen LogP contribution in [0.4, 0.5) is 11.4 Å². The fourth-order valence-corrected chi connectivity index (χ4v) is 5.23. The predicted molar refractivity (Wildman–Crippen MR) is 135 cm³/mol. The molecule has 3 aromatic carbocycles. The van der Waals surface area contributed by atoms with Gasteiger partial charge in [0.1, 0.15) is 0 Å². The molecule has 1 aliphatic rings. The van der Waals surface area contributed by atoms with E-state index in [9.17, 15) is 4.79 Å². The number of rotatable bonds is 8. The van der Waals surface area contributed by atoms with Gasteiger partial charge < -0.3 is 15.5 Å². The van der Waals surface area contributed by atoms with E-state index in [4.69, 9.17) is 0 Å². The molecule has 5 heteroatoms. The van der Waals surface area contributed by atoms with Crippen molar-refractivity contribution in [3.05, 3.63) is 83.9 Å². The van der Waals surface area contributed by atoms with Gasteiger partial charge >= 0.3 is 0 Å². The first-order valence-corrected chi connectivity index (χ1v) is 12.3. The molecule has 1 heterocycles. The van der Waals surface area contributed by atoms with Gasteiger partial charge in [-0.25, -0.2) is 0 Å². The quantitative estimate of drug-likeness (QED) is 0.423. The van der Waals surface area contributed by atoms with Gasteiger partial charge in [0, 0.05) is 46.4 Å². The highest BCUT2D eigenvalue weighted by atomic mass is 32.2. The topological polar surface area (TPSA) is 44.4 Å². The van der Waals surface area contributed by atoms with Crippen molar-refractivity contribution in [3.63, 3.8) is 0 Å². The number of carbonyl (C=O) groups is 1. The molecule has 4 nitrogen and oxygen atoms in total. The van der Waals surface area contributed by atoms with E-state index in [1.165, 1.54) is 16.1 Å². The molecule has 3 aromatic rings. The minimum Gasteiger partial charge on any atom is -0.377 e. The van der Waals surface area contributed by atoms with E-state index in [0.29, 0.717) is 12.1 Å². The number of fused-ring (bicyclic) bond motifs is 2. The summed E-state index contributed by atoms with van der Waals surface area (Å²) in [5.41, 5.74) is 4.25. The molecule has 0 radical (unpaired) electrons. The van der Waals surface area contributed by atoms with Crippen LogP contribution in [0.5, 0.6) is 0 Å². The third kappa shape index (κ3) is 5.10. The summed E-state index contributed by atoms with van der Waals surface area (Å²) in [7, 11) is 0. The Labute approximate surface area is 195 Å². The lowest BCUT2D eigenvalue weighted by atomic mass is 10.0. The zero-order chi connectivity index (χ0) is 22.3. The maximum atomic E-state index is 12.9. The number of benzene rings is 3. The van der Waals surface area contributed by atoms with Gasteiger partial charge in [-0.15, -0.1) is 0 Å². The highest BCUT2D eigenvalue weighted by molar-refractivity contribution is 7.99. The summed E-state index contributed by atoms with van der Waals surface area (Å²) in [4.78, 5) is 17.6. The average Bonchev–Trinajstić information content (AvgIpc) is 2.98. The molecule has 0 aromatic heterocycles. The van der Waals surface area contributed by atoms with Gasteiger partial charge in [0.15, 0.2) is 0 Å². The van der Waals surface area contributed by atoms with Crippen molar-refractivity contribution < 1.29 is 4.79 Å². The SMILES string of the molecule is CCCC1Nc2cc(C(=O)NCCN(CC)c3ccccc3)ccc2Sc2ccccc21. The molecular formula is C27H31N3OS. The third-order valence-corrected chi connectivity index (χ3v) is 7.00. The first-order chi connectivity index (χ1) is 15.7. The Hall–Kier alpha value is -2.92. The van der Waals surface area contributed by atoms with Crippen molar-refractivity contribution in [2.45, 2.75) is 42.5 Å². The van der Waals surface area contributed by atoms with Crippen LogP contribution in [0.3, 0.4) is 0 Å². The van der Waals surface area contributed by atoms with E-state index in [1.54, 1.807) is 11.8 Å². The summed E-state index contributed by atoms with van der Waals surface area (Å²) in [5, 5.41) is 6.80. The van der Waals surface area contributed by atoms with E-state index in [0.717, 1.165) is 36.5 Å². The maximum Gasteiger partial charge on any atom is 0.251 e. The first-order valence-electron chi connectivity index (χ1n) is 11.4. The number of para-hydroxylation sites is 1. The third-order valence-electron chi connectivity index (χ3n) is 5.83. The summed E-state index contributed by atoms with van der Waals surface area (Å²) in [6, 6.07) is 25.2. The molecule has 166 valence electrons. The van der Waals surface area contributed by atoms with Crippen LogP contribution in [0.25, 0.3) is 0 Å². The van der Waals surface area contributed by atoms with Gasteiger partial charge in [0.2, 0.25) is 0 Å². The molecule has 4 rings (SSSR count). The minimum absolute atomic E-state index is 0.0301. The molecule has 32 heavy (non-hydrogen) atoms. The second-order valence-corrected chi connectivity index (χ2v) is 9.09. The molecule has 0 saturated carbocycles. The van der Waals surface area contributed by atoms with Crippen molar-refractivity contribution in [1.29, 1.82) is 0 Å². The highest BCUT2D eigenvalue weighted by Gasteiger charge is 2.22. The van der Waals surface area contributed by atoms with Crippen LogP contribution in [-0.2, 0) is 0 Å².